The molecule has 1 aromatic rings. The molecule has 3 heteroatoms. The van der Waals surface area contributed by atoms with Gasteiger partial charge in [0.25, 0.3) is 0 Å². The van der Waals surface area contributed by atoms with Gasteiger partial charge in [0.1, 0.15) is 5.75 Å². The van der Waals surface area contributed by atoms with Gasteiger partial charge in [0.05, 0.1) is 10.2 Å². The van der Waals surface area contributed by atoms with Gasteiger partial charge in [0.15, 0.2) is 0 Å². The molecule has 15 heavy (non-hydrogen) atoms. The van der Waals surface area contributed by atoms with Gasteiger partial charge in [0, 0.05) is 13.2 Å². The van der Waals surface area contributed by atoms with E-state index in [9.17, 15) is 0 Å². The summed E-state index contributed by atoms with van der Waals surface area (Å²) in [4.78, 5) is 0. The molecule has 0 aromatic heterocycles. The molecule has 0 saturated carbocycles. The van der Waals surface area contributed by atoms with Crippen molar-refractivity contribution in [1.82, 2.24) is 0 Å². The molecule has 0 radical (unpaired) electrons. The molecule has 0 heterocycles. The van der Waals surface area contributed by atoms with E-state index in [2.05, 4.69) is 28.7 Å². The van der Waals surface area contributed by atoms with Gasteiger partial charge in [-0.15, -0.1) is 0 Å². The molecule has 2 nitrogen and oxygen atoms in total. The van der Waals surface area contributed by atoms with Crippen LogP contribution in [0.5, 0.6) is 5.75 Å². The minimum atomic E-state index is 0.771. The summed E-state index contributed by atoms with van der Waals surface area (Å²) in [5, 5.41) is 0. The Labute approximate surface area is 105 Å². The van der Waals surface area contributed by atoms with Crippen LogP contribution in [0.1, 0.15) is 19.8 Å². The van der Waals surface area contributed by atoms with Gasteiger partial charge in [-0.25, -0.2) is 0 Å². The summed E-state index contributed by atoms with van der Waals surface area (Å²) >= 11 is 2.29. The molecule has 0 fully saturated rings. The van der Waals surface area contributed by atoms with E-state index in [-0.39, 0.29) is 0 Å². The van der Waals surface area contributed by atoms with E-state index in [1.165, 1.54) is 3.57 Å². The van der Waals surface area contributed by atoms with Gasteiger partial charge in [-0.1, -0.05) is 12.1 Å². The normalized spacial score (nSPS) is 10.3. The number of rotatable bonds is 7. The summed E-state index contributed by atoms with van der Waals surface area (Å²) in [6, 6.07) is 8.07. The lowest BCUT2D eigenvalue weighted by atomic mass is 10.3. The first kappa shape index (κ1) is 12.8. The minimum absolute atomic E-state index is 0.771. The van der Waals surface area contributed by atoms with Crippen molar-refractivity contribution in [3.8, 4) is 5.75 Å². The third-order valence-electron chi connectivity index (χ3n) is 1.98. The maximum absolute atomic E-state index is 5.65. The molecule has 0 bridgehead atoms. The summed E-state index contributed by atoms with van der Waals surface area (Å²) in [5.74, 6) is 0.981. The number of hydrogen-bond donors (Lipinski definition) is 0. The first-order valence-electron chi connectivity index (χ1n) is 5.29. The summed E-state index contributed by atoms with van der Waals surface area (Å²) in [7, 11) is 0. The van der Waals surface area contributed by atoms with E-state index < -0.39 is 0 Å². The van der Waals surface area contributed by atoms with Crippen molar-refractivity contribution in [1.29, 1.82) is 0 Å². The monoisotopic (exact) mass is 320 g/mol. The standard InChI is InChI=1S/C12H17IO2/c1-2-14-9-5-6-10-15-12-8-4-3-7-11(12)13/h3-4,7-8H,2,5-6,9-10H2,1H3. The summed E-state index contributed by atoms with van der Waals surface area (Å²) in [6.07, 6.45) is 2.11. The van der Waals surface area contributed by atoms with Crippen LogP contribution in [-0.2, 0) is 4.74 Å². The fraction of sp³-hybridized carbons (Fsp3) is 0.500. The van der Waals surface area contributed by atoms with Gasteiger partial charge >= 0.3 is 0 Å². The topological polar surface area (TPSA) is 18.5 Å². The highest BCUT2D eigenvalue weighted by atomic mass is 127. The Kier molecular flexibility index (Phi) is 6.76. The zero-order valence-electron chi connectivity index (χ0n) is 9.04. The predicted molar refractivity (Wildman–Crippen MR) is 70.4 cm³/mol. The van der Waals surface area contributed by atoms with Crippen LogP contribution in [0.3, 0.4) is 0 Å². The number of halogens is 1. The highest BCUT2D eigenvalue weighted by molar-refractivity contribution is 14.1. The van der Waals surface area contributed by atoms with Crippen LogP contribution in [0, 0.1) is 3.57 Å². The van der Waals surface area contributed by atoms with Crippen LogP contribution < -0.4 is 4.74 Å². The molecule has 0 aliphatic rings. The fourth-order valence-corrected chi connectivity index (χ4v) is 1.74. The number of unbranched alkanes of at least 4 members (excludes halogenated alkanes) is 1. The predicted octanol–water partition coefficient (Wildman–Crippen LogP) is 3.49. The molecule has 0 N–H and O–H groups in total. The molecule has 84 valence electrons. The lowest BCUT2D eigenvalue weighted by molar-refractivity contribution is 0.138. The van der Waals surface area contributed by atoms with E-state index in [0.29, 0.717) is 0 Å². The molecule has 1 aromatic carbocycles. The molecule has 0 aliphatic heterocycles. The van der Waals surface area contributed by atoms with Crippen molar-refractivity contribution >= 4 is 22.6 Å². The van der Waals surface area contributed by atoms with Crippen LogP contribution in [0.25, 0.3) is 0 Å². The third-order valence-corrected chi connectivity index (χ3v) is 2.87. The van der Waals surface area contributed by atoms with E-state index in [1.807, 2.05) is 25.1 Å². The van der Waals surface area contributed by atoms with Crippen molar-refractivity contribution in [2.24, 2.45) is 0 Å². The molecule has 0 saturated heterocycles. The van der Waals surface area contributed by atoms with Crippen molar-refractivity contribution in [3.05, 3.63) is 27.8 Å². The van der Waals surface area contributed by atoms with E-state index in [4.69, 9.17) is 9.47 Å². The van der Waals surface area contributed by atoms with E-state index in [0.717, 1.165) is 38.4 Å². The Balaban J connectivity index is 2.12. The number of benzene rings is 1. The number of hydrogen-bond acceptors (Lipinski definition) is 2. The largest absolute Gasteiger partial charge is 0.492 e. The summed E-state index contributed by atoms with van der Waals surface area (Å²) < 4.78 is 12.1. The Bertz CT molecular complexity index is 276. The summed E-state index contributed by atoms with van der Waals surface area (Å²) in [6.45, 7) is 4.43. The molecule has 0 amide bonds. The average molecular weight is 320 g/mol. The molecule has 0 atom stereocenters. The lowest BCUT2D eigenvalue weighted by Crippen LogP contribution is -2.01. The van der Waals surface area contributed by atoms with E-state index in [1.54, 1.807) is 0 Å². The first-order chi connectivity index (χ1) is 7.34. The highest BCUT2D eigenvalue weighted by Crippen LogP contribution is 2.19. The van der Waals surface area contributed by atoms with Crippen LogP contribution in [0.2, 0.25) is 0 Å². The molecule has 1 rings (SSSR count). The van der Waals surface area contributed by atoms with Crippen molar-refractivity contribution in [2.45, 2.75) is 19.8 Å². The Morgan fingerprint density at radius 3 is 2.60 bits per heavy atom. The van der Waals surface area contributed by atoms with Gasteiger partial charge in [-0.05, 0) is 54.5 Å². The van der Waals surface area contributed by atoms with Crippen LogP contribution in [0.4, 0.5) is 0 Å². The molecule has 0 spiro atoms. The second-order valence-electron chi connectivity index (χ2n) is 3.18. The van der Waals surface area contributed by atoms with E-state index >= 15 is 0 Å². The smallest absolute Gasteiger partial charge is 0.132 e. The van der Waals surface area contributed by atoms with Crippen molar-refractivity contribution in [2.75, 3.05) is 19.8 Å². The maximum Gasteiger partial charge on any atom is 0.132 e. The number of para-hydroxylation sites is 1. The number of ether oxygens (including phenoxy) is 2. The molecular formula is C12H17IO2. The van der Waals surface area contributed by atoms with Crippen LogP contribution >= 0.6 is 22.6 Å². The zero-order valence-corrected chi connectivity index (χ0v) is 11.2. The lowest BCUT2D eigenvalue weighted by Gasteiger charge is -2.07. The van der Waals surface area contributed by atoms with Gasteiger partial charge in [-0.2, -0.15) is 0 Å². The third kappa shape index (κ3) is 5.37. The van der Waals surface area contributed by atoms with Crippen molar-refractivity contribution < 1.29 is 9.47 Å². The Morgan fingerprint density at radius 1 is 1.13 bits per heavy atom. The maximum atomic E-state index is 5.65. The highest BCUT2D eigenvalue weighted by Gasteiger charge is 1.98. The molecule has 0 aliphatic carbocycles. The van der Waals surface area contributed by atoms with Crippen molar-refractivity contribution in [3.63, 3.8) is 0 Å². The quantitative estimate of drug-likeness (QED) is 0.566. The van der Waals surface area contributed by atoms with Gasteiger partial charge < -0.3 is 9.47 Å². The second kappa shape index (κ2) is 7.93. The van der Waals surface area contributed by atoms with Crippen LogP contribution in [-0.4, -0.2) is 19.8 Å². The first-order valence-corrected chi connectivity index (χ1v) is 6.37. The second-order valence-corrected chi connectivity index (χ2v) is 4.35. The average Bonchev–Trinajstić information content (AvgIpc) is 2.25. The Hall–Kier alpha value is -0.290. The van der Waals surface area contributed by atoms with Gasteiger partial charge in [-0.3, -0.25) is 0 Å². The molecule has 0 unspecified atom stereocenters. The van der Waals surface area contributed by atoms with Crippen LogP contribution in [0.15, 0.2) is 24.3 Å². The zero-order chi connectivity index (χ0) is 10.9. The minimum Gasteiger partial charge on any atom is -0.492 e. The fourth-order valence-electron chi connectivity index (χ4n) is 1.19. The Morgan fingerprint density at radius 2 is 1.87 bits per heavy atom. The summed E-state index contributed by atoms with van der Waals surface area (Å²) in [5.41, 5.74) is 0. The SMILES string of the molecule is CCOCCCCOc1ccccc1I. The molecular weight excluding hydrogens is 303 g/mol. The van der Waals surface area contributed by atoms with Gasteiger partial charge in [0.2, 0.25) is 0 Å².